The Kier molecular flexibility index (Phi) is 7.06. The quantitative estimate of drug-likeness (QED) is 0.712. The molecule has 1 aromatic carbocycles. The lowest BCUT2D eigenvalue weighted by Crippen LogP contribution is -2.31. The predicted molar refractivity (Wildman–Crippen MR) is 90.9 cm³/mol. The summed E-state index contributed by atoms with van der Waals surface area (Å²) in [6, 6.07) is 6.94. The standard InChI is InChI=1S/C18H24ClNO3/c1-20(12-11-14-6-4-5-13-23-14)18(22)10-9-17(21)15-7-2-3-8-16(15)19/h2-3,7-8,14H,4-6,9-13H2,1H3. The van der Waals surface area contributed by atoms with Gasteiger partial charge in [0.05, 0.1) is 11.1 Å². The number of amides is 1. The van der Waals surface area contributed by atoms with Gasteiger partial charge in [-0.3, -0.25) is 9.59 Å². The van der Waals surface area contributed by atoms with E-state index in [0.29, 0.717) is 17.1 Å². The molecule has 1 aliphatic heterocycles. The van der Waals surface area contributed by atoms with Gasteiger partial charge >= 0.3 is 0 Å². The topological polar surface area (TPSA) is 46.6 Å². The van der Waals surface area contributed by atoms with Crippen LogP contribution in [0.5, 0.6) is 0 Å². The summed E-state index contributed by atoms with van der Waals surface area (Å²) in [5.41, 5.74) is 0.486. The molecule has 0 aliphatic carbocycles. The molecular weight excluding hydrogens is 314 g/mol. The average Bonchev–Trinajstić information content (AvgIpc) is 2.58. The summed E-state index contributed by atoms with van der Waals surface area (Å²) in [5, 5.41) is 0.438. The van der Waals surface area contributed by atoms with Crippen LogP contribution in [0.3, 0.4) is 0 Å². The van der Waals surface area contributed by atoms with Crippen LogP contribution < -0.4 is 0 Å². The number of rotatable bonds is 7. The lowest BCUT2D eigenvalue weighted by Gasteiger charge is -2.25. The van der Waals surface area contributed by atoms with Gasteiger partial charge < -0.3 is 9.64 Å². The van der Waals surface area contributed by atoms with E-state index >= 15 is 0 Å². The van der Waals surface area contributed by atoms with Crippen molar-refractivity contribution in [3.05, 3.63) is 34.9 Å². The maximum atomic E-state index is 12.1. The zero-order chi connectivity index (χ0) is 16.7. The number of hydrogen-bond acceptors (Lipinski definition) is 3. The van der Waals surface area contributed by atoms with E-state index in [1.165, 1.54) is 6.42 Å². The molecule has 1 atom stereocenters. The van der Waals surface area contributed by atoms with Gasteiger partial charge in [-0.2, -0.15) is 0 Å². The molecule has 1 fully saturated rings. The molecule has 1 amide bonds. The van der Waals surface area contributed by atoms with Crippen LogP contribution in [0.2, 0.25) is 5.02 Å². The van der Waals surface area contributed by atoms with Crippen LogP contribution in [0.15, 0.2) is 24.3 Å². The summed E-state index contributed by atoms with van der Waals surface area (Å²) < 4.78 is 5.67. The summed E-state index contributed by atoms with van der Waals surface area (Å²) in [5.74, 6) is -0.103. The number of benzene rings is 1. The summed E-state index contributed by atoms with van der Waals surface area (Å²) in [6.07, 6.45) is 4.94. The summed E-state index contributed by atoms with van der Waals surface area (Å²) in [4.78, 5) is 26.0. The van der Waals surface area contributed by atoms with Crippen LogP contribution >= 0.6 is 11.6 Å². The van der Waals surface area contributed by atoms with E-state index in [9.17, 15) is 9.59 Å². The normalized spacial score (nSPS) is 17.7. The van der Waals surface area contributed by atoms with Crippen molar-refractivity contribution >= 4 is 23.3 Å². The van der Waals surface area contributed by atoms with E-state index < -0.39 is 0 Å². The minimum atomic E-state index is -0.0898. The molecule has 1 unspecified atom stereocenters. The van der Waals surface area contributed by atoms with Gasteiger partial charge in [0.15, 0.2) is 5.78 Å². The second kappa shape index (κ2) is 9.04. The van der Waals surface area contributed by atoms with E-state index in [4.69, 9.17) is 16.3 Å². The summed E-state index contributed by atoms with van der Waals surface area (Å²) in [7, 11) is 1.78. The van der Waals surface area contributed by atoms with Crippen molar-refractivity contribution < 1.29 is 14.3 Å². The molecule has 0 N–H and O–H groups in total. The van der Waals surface area contributed by atoms with Crippen LogP contribution in [0, 0.1) is 0 Å². The van der Waals surface area contributed by atoms with Gasteiger partial charge in [-0.05, 0) is 37.8 Å². The van der Waals surface area contributed by atoms with Crippen molar-refractivity contribution in [1.82, 2.24) is 4.90 Å². The molecule has 1 heterocycles. The van der Waals surface area contributed by atoms with Crippen LogP contribution in [0.4, 0.5) is 0 Å². The van der Waals surface area contributed by atoms with E-state index in [0.717, 1.165) is 25.9 Å². The van der Waals surface area contributed by atoms with Crippen molar-refractivity contribution in [2.75, 3.05) is 20.2 Å². The highest BCUT2D eigenvalue weighted by atomic mass is 35.5. The van der Waals surface area contributed by atoms with E-state index in [2.05, 4.69) is 0 Å². The Hall–Kier alpha value is -1.39. The molecule has 126 valence electrons. The minimum absolute atomic E-state index is 0.0128. The second-order valence-electron chi connectivity index (χ2n) is 6.00. The Morgan fingerprint density at radius 1 is 1.26 bits per heavy atom. The van der Waals surface area contributed by atoms with Crippen molar-refractivity contribution in [3.63, 3.8) is 0 Å². The molecule has 0 spiro atoms. The maximum absolute atomic E-state index is 12.1. The zero-order valence-corrected chi connectivity index (χ0v) is 14.3. The molecule has 0 saturated carbocycles. The minimum Gasteiger partial charge on any atom is -0.378 e. The number of carbonyl (C=O) groups is 2. The Labute approximate surface area is 142 Å². The SMILES string of the molecule is CN(CCC1CCCCO1)C(=O)CCC(=O)c1ccccc1Cl. The fraction of sp³-hybridized carbons (Fsp3) is 0.556. The molecule has 1 saturated heterocycles. The molecule has 5 heteroatoms. The van der Waals surface area contributed by atoms with Gasteiger partial charge in [-0.25, -0.2) is 0 Å². The lowest BCUT2D eigenvalue weighted by atomic mass is 10.1. The van der Waals surface area contributed by atoms with Gasteiger partial charge in [0, 0.05) is 38.6 Å². The Morgan fingerprint density at radius 3 is 2.74 bits per heavy atom. The number of hydrogen-bond donors (Lipinski definition) is 0. The Balaban J connectivity index is 1.73. The largest absolute Gasteiger partial charge is 0.378 e. The monoisotopic (exact) mass is 337 g/mol. The first kappa shape index (κ1) is 18.0. The Morgan fingerprint density at radius 2 is 2.04 bits per heavy atom. The molecule has 0 radical (unpaired) electrons. The van der Waals surface area contributed by atoms with E-state index in [1.807, 2.05) is 0 Å². The van der Waals surface area contributed by atoms with Gasteiger partial charge in [-0.1, -0.05) is 23.7 Å². The first-order valence-electron chi connectivity index (χ1n) is 8.21. The van der Waals surface area contributed by atoms with Gasteiger partial charge in [0.25, 0.3) is 0 Å². The van der Waals surface area contributed by atoms with Crippen LogP contribution in [-0.2, 0) is 9.53 Å². The Bertz CT molecular complexity index is 541. The van der Waals surface area contributed by atoms with Crippen molar-refractivity contribution in [2.24, 2.45) is 0 Å². The summed E-state index contributed by atoms with van der Waals surface area (Å²) in [6.45, 7) is 1.50. The third kappa shape index (κ3) is 5.63. The third-order valence-electron chi connectivity index (χ3n) is 4.23. The van der Waals surface area contributed by atoms with Crippen LogP contribution in [-0.4, -0.2) is 42.9 Å². The van der Waals surface area contributed by atoms with Gasteiger partial charge in [-0.15, -0.1) is 0 Å². The predicted octanol–water partition coefficient (Wildman–Crippen LogP) is 3.72. The zero-order valence-electron chi connectivity index (χ0n) is 13.6. The highest BCUT2D eigenvalue weighted by Crippen LogP contribution is 2.18. The highest BCUT2D eigenvalue weighted by molar-refractivity contribution is 6.34. The molecule has 1 aliphatic rings. The molecule has 1 aromatic rings. The first-order chi connectivity index (χ1) is 11.1. The number of ketones is 1. The summed E-state index contributed by atoms with van der Waals surface area (Å²) >= 11 is 6.00. The van der Waals surface area contributed by atoms with Crippen LogP contribution in [0.25, 0.3) is 0 Å². The number of carbonyl (C=O) groups excluding carboxylic acids is 2. The number of Topliss-reactive ketones (excluding diaryl/α,β-unsaturated/α-hetero) is 1. The molecule has 2 rings (SSSR count). The number of nitrogens with zero attached hydrogens (tertiary/aromatic N) is 1. The number of ether oxygens (including phenoxy) is 1. The average molecular weight is 338 g/mol. The second-order valence-corrected chi connectivity index (χ2v) is 6.40. The fourth-order valence-corrected chi connectivity index (χ4v) is 2.97. The molecule has 23 heavy (non-hydrogen) atoms. The third-order valence-corrected chi connectivity index (χ3v) is 4.56. The molecule has 0 bridgehead atoms. The van der Waals surface area contributed by atoms with Crippen molar-refractivity contribution in [1.29, 1.82) is 0 Å². The van der Waals surface area contributed by atoms with Crippen molar-refractivity contribution in [3.8, 4) is 0 Å². The fourth-order valence-electron chi connectivity index (χ4n) is 2.73. The van der Waals surface area contributed by atoms with Crippen molar-refractivity contribution in [2.45, 2.75) is 44.6 Å². The lowest BCUT2D eigenvalue weighted by molar-refractivity contribution is -0.130. The molecule has 0 aromatic heterocycles. The smallest absolute Gasteiger partial charge is 0.222 e. The number of halogens is 1. The molecular formula is C18H24ClNO3. The first-order valence-corrected chi connectivity index (χ1v) is 8.59. The van der Waals surface area contributed by atoms with Gasteiger partial charge in [0.1, 0.15) is 0 Å². The van der Waals surface area contributed by atoms with Gasteiger partial charge in [0.2, 0.25) is 5.91 Å². The molecule has 4 nitrogen and oxygen atoms in total. The highest BCUT2D eigenvalue weighted by Gasteiger charge is 2.17. The van der Waals surface area contributed by atoms with E-state index in [-0.39, 0.29) is 30.6 Å². The maximum Gasteiger partial charge on any atom is 0.222 e. The van der Waals surface area contributed by atoms with E-state index in [1.54, 1.807) is 36.2 Å². The van der Waals surface area contributed by atoms with Crippen LogP contribution in [0.1, 0.15) is 48.9 Å².